The zero-order chi connectivity index (χ0) is 14.9. The molecule has 1 amide bonds. The summed E-state index contributed by atoms with van der Waals surface area (Å²) < 4.78 is 5.97. The molecule has 0 aromatic carbocycles. The molecule has 1 saturated heterocycles. The van der Waals surface area contributed by atoms with Crippen molar-refractivity contribution in [1.82, 2.24) is 10.2 Å². The smallest absolute Gasteiger partial charge is 0.225 e. The fourth-order valence-corrected chi connectivity index (χ4v) is 4.90. The Bertz CT molecular complexity index is 373. The number of amides is 1. The fraction of sp³-hybridized carbons (Fsp3) is 0.941. The molecule has 3 fully saturated rings. The fourth-order valence-electron chi connectivity index (χ4n) is 4.90. The normalized spacial score (nSPS) is 32.1. The minimum atomic E-state index is 0.237. The number of hydrogen-bond acceptors (Lipinski definition) is 3. The van der Waals surface area contributed by atoms with Crippen LogP contribution in [0.2, 0.25) is 0 Å². The average Bonchev–Trinajstić information content (AvgIpc) is 3.03. The summed E-state index contributed by atoms with van der Waals surface area (Å²) in [6.45, 7) is 4.86. The van der Waals surface area contributed by atoms with Crippen molar-refractivity contribution in [3.8, 4) is 0 Å². The summed E-state index contributed by atoms with van der Waals surface area (Å²) in [6.07, 6.45) is 8.51. The molecule has 1 heterocycles. The van der Waals surface area contributed by atoms with Gasteiger partial charge >= 0.3 is 0 Å². The van der Waals surface area contributed by atoms with Crippen molar-refractivity contribution in [1.29, 1.82) is 0 Å². The Balaban J connectivity index is 1.66. The predicted molar refractivity (Wildman–Crippen MR) is 83.1 cm³/mol. The van der Waals surface area contributed by atoms with E-state index in [4.69, 9.17) is 4.74 Å². The lowest BCUT2D eigenvalue weighted by Gasteiger charge is -2.57. The summed E-state index contributed by atoms with van der Waals surface area (Å²) in [5.41, 5.74) is 0.271. The van der Waals surface area contributed by atoms with E-state index in [2.05, 4.69) is 17.1 Å². The summed E-state index contributed by atoms with van der Waals surface area (Å²) in [6, 6.07) is 0.416. The maximum Gasteiger partial charge on any atom is 0.225 e. The number of nitrogens with zero attached hydrogens (tertiary/aromatic N) is 1. The van der Waals surface area contributed by atoms with Crippen LogP contribution < -0.4 is 5.32 Å². The average molecular weight is 294 g/mol. The second kappa shape index (κ2) is 6.25. The number of hydrogen-bond donors (Lipinski definition) is 1. The molecule has 0 aromatic rings. The highest BCUT2D eigenvalue weighted by molar-refractivity contribution is 5.79. The minimum absolute atomic E-state index is 0.237. The largest absolute Gasteiger partial charge is 0.378 e. The highest BCUT2D eigenvalue weighted by atomic mass is 16.5. The molecule has 4 nitrogen and oxygen atoms in total. The standard InChI is InChI=1S/C17H30N2O2/c1-3-21-15-12-14(17(15)8-4-5-9-17)19(2)16(20)13-6-10-18-11-7-13/h13-15,18H,3-12H2,1-2H3. The van der Waals surface area contributed by atoms with Gasteiger partial charge in [0.25, 0.3) is 0 Å². The van der Waals surface area contributed by atoms with Crippen molar-refractivity contribution < 1.29 is 9.53 Å². The van der Waals surface area contributed by atoms with Crippen LogP contribution in [0.5, 0.6) is 0 Å². The molecule has 21 heavy (non-hydrogen) atoms. The molecule has 2 saturated carbocycles. The van der Waals surface area contributed by atoms with E-state index >= 15 is 0 Å². The molecule has 0 aromatic heterocycles. The minimum Gasteiger partial charge on any atom is -0.378 e. The lowest BCUT2D eigenvalue weighted by molar-refractivity contribution is -0.175. The van der Waals surface area contributed by atoms with Crippen LogP contribution in [0.3, 0.4) is 0 Å². The van der Waals surface area contributed by atoms with Gasteiger partial charge in [0.05, 0.1) is 6.10 Å². The van der Waals surface area contributed by atoms with Crippen molar-refractivity contribution in [2.75, 3.05) is 26.7 Å². The van der Waals surface area contributed by atoms with E-state index < -0.39 is 0 Å². The van der Waals surface area contributed by atoms with Gasteiger partial charge in [-0.15, -0.1) is 0 Å². The summed E-state index contributed by atoms with van der Waals surface area (Å²) in [5.74, 6) is 0.614. The number of piperidine rings is 1. The van der Waals surface area contributed by atoms with Crippen LogP contribution in [-0.4, -0.2) is 49.7 Å². The SMILES string of the molecule is CCOC1CC(N(C)C(=O)C2CCNCC2)C12CCCC2. The third kappa shape index (κ3) is 2.61. The highest BCUT2D eigenvalue weighted by Gasteiger charge is 2.59. The van der Waals surface area contributed by atoms with Gasteiger partial charge < -0.3 is 15.0 Å². The Morgan fingerprint density at radius 2 is 1.95 bits per heavy atom. The second-order valence-corrected chi connectivity index (χ2v) is 7.11. The Kier molecular flexibility index (Phi) is 4.55. The monoisotopic (exact) mass is 294 g/mol. The molecule has 3 aliphatic rings. The first kappa shape index (κ1) is 15.3. The topological polar surface area (TPSA) is 41.6 Å². The van der Waals surface area contributed by atoms with Crippen molar-refractivity contribution in [3.63, 3.8) is 0 Å². The quantitative estimate of drug-likeness (QED) is 0.864. The molecular weight excluding hydrogens is 264 g/mol. The van der Waals surface area contributed by atoms with E-state index in [0.29, 0.717) is 18.1 Å². The molecule has 2 atom stereocenters. The summed E-state index contributed by atoms with van der Waals surface area (Å²) in [5, 5.41) is 3.35. The van der Waals surface area contributed by atoms with Crippen LogP contribution >= 0.6 is 0 Å². The molecule has 0 bridgehead atoms. The predicted octanol–water partition coefficient (Wildman–Crippen LogP) is 2.18. The first-order valence-electron chi connectivity index (χ1n) is 8.78. The van der Waals surface area contributed by atoms with Gasteiger partial charge in [-0.1, -0.05) is 12.8 Å². The third-order valence-corrected chi connectivity index (χ3v) is 6.15. The second-order valence-electron chi connectivity index (χ2n) is 7.11. The van der Waals surface area contributed by atoms with Crippen molar-refractivity contribution >= 4 is 5.91 Å². The Morgan fingerprint density at radius 1 is 1.29 bits per heavy atom. The molecular formula is C17H30N2O2. The highest BCUT2D eigenvalue weighted by Crippen LogP contribution is 2.56. The lowest BCUT2D eigenvalue weighted by atomic mass is 9.60. The first-order chi connectivity index (χ1) is 10.2. The maximum absolute atomic E-state index is 12.8. The summed E-state index contributed by atoms with van der Waals surface area (Å²) in [7, 11) is 2.04. The van der Waals surface area contributed by atoms with Gasteiger partial charge in [0, 0.05) is 31.0 Å². The van der Waals surface area contributed by atoms with Crippen molar-refractivity contribution in [3.05, 3.63) is 0 Å². The summed E-state index contributed by atoms with van der Waals surface area (Å²) in [4.78, 5) is 14.9. The van der Waals surface area contributed by atoms with Crippen molar-refractivity contribution in [2.24, 2.45) is 11.3 Å². The van der Waals surface area contributed by atoms with E-state index in [1.54, 1.807) is 0 Å². The molecule has 2 unspecified atom stereocenters. The molecule has 1 aliphatic heterocycles. The van der Waals surface area contributed by atoms with E-state index in [1.165, 1.54) is 25.7 Å². The van der Waals surface area contributed by atoms with Gasteiger partial charge in [0.1, 0.15) is 0 Å². The van der Waals surface area contributed by atoms with Gasteiger partial charge in [-0.05, 0) is 52.1 Å². The van der Waals surface area contributed by atoms with Crippen molar-refractivity contribution in [2.45, 2.75) is 64.0 Å². The van der Waals surface area contributed by atoms with Gasteiger partial charge in [0.2, 0.25) is 5.91 Å². The van der Waals surface area contributed by atoms with E-state index in [-0.39, 0.29) is 11.3 Å². The number of nitrogens with one attached hydrogen (secondary N) is 1. The molecule has 0 radical (unpaired) electrons. The van der Waals surface area contributed by atoms with Crippen LogP contribution in [0.15, 0.2) is 0 Å². The lowest BCUT2D eigenvalue weighted by Crippen LogP contribution is -2.64. The van der Waals surface area contributed by atoms with Crippen LogP contribution in [0.25, 0.3) is 0 Å². The number of rotatable bonds is 4. The molecule has 2 aliphatic carbocycles. The van der Waals surface area contributed by atoms with Crippen LogP contribution in [0, 0.1) is 11.3 Å². The van der Waals surface area contributed by atoms with Crippen LogP contribution in [0.1, 0.15) is 51.9 Å². The van der Waals surface area contributed by atoms with Crippen LogP contribution in [0.4, 0.5) is 0 Å². The van der Waals surface area contributed by atoms with Crippen LogP contribution in [-0.2, 0) is 9.53 Å². The number of carbonyl (C=O) groups is 1. The van der Waals surface area contributed by atoms with Gasteiger partial charge in [0.15, 0.2) is 0 Å². The Hall–Kier alpha value is -0.610. The number of ether oxygens (including phenoxy) is 1. The van der Waals surface area contributed by atoms with E-state index in [1.807, 2.05) is 7.05 Å². The third-order valence-electron chi connectivity index (χ3n) is 6.15. The first-order valence-corrected chi connectivity index (χ1v) is 8.78. The van der Waals surface area contributed by atoms with Gasteiger partial charge in [-0.2, -0.15) is 0 Å². The molecule has 3 rings (SSSR count). The molecule has 1 N–H and O–H groups in total. The Labute approximate surface area is 128 Å². The molecule has 1 spiro atoms. The van der Waals surface area contributed by atoms with Gasteiger partial charge in [-0.3, -0.25) is 4.79 Å². The van der Waals surface area contributed by atoms with E-state index in [9.17, 15) is 4.79 Å². The zero-order valence-corrected chi connectivity index (χ0v) is 13.6. The molecule has 4 heteroatoms. The van der Waals surface area contributed by atoms with Gasteiger partial charge in [-0.25, -0.2) is 0 Å². The van der Waals surface area contributed by atoms with E-state index in [0.717, 1.165) is 39.0 Å². The summed E-state index contributed by atoms with van der Waals surface area (Å²) >= 11 is 0. The Morgan fingerprint density at radius 3 is 2.57 bits per heavy atom. The molecule has 120 valence electrons. The maximum atomic E-state index is 12.8. The zero-order valence-electron chi connectivity index (χ0n) is 13.6. The number of carbonyl (C=O) groups excluding carboxylic acids is 1.